The lowest BCUT2D eigenvalue weighted by Crippen LogP contribution is -2.19. The Kier molecular flexibility index (Phi) is 3.62. The molecule has 0 aliphatic heterocycles. The first kappa shape index (κ1) is 12.6. The average Bonchev–Trinajstić information content (AvgIpc) is 2.19. The van der Waals surface area contributed by atoms with Gasteiger partial charge in [0, 0.05) is 6.42 Å². The van der Waals surface area contributed by atoms with E-state index in [1.165, 1.54) is 6.07 Å². The number of benzene rings is 1. The van der Waals surface area contributed by atoms with Crippen molar-refractivity contribution in [2.75, 3.05) is 0 Å². The van der Waals surface area contributed by atoms with Crippen molar-refractivity contribution in [2.45, 2.75) is 32.1 Å². The Morgan fingerprint density at radius 2 is 1.94 bits per heavy atom. The van der Waals surface area contributed by atoms with E-state index in [1.807, 2.05) is 13.8 Å². The van der Waals surface area contributed by atoms with Crippen molar-refractivity contribution in [2.24, 2.45) is 0 Å². The molecule has 0 fully saturated rings. The number of hydrogen-bond acceptors (Lipinski definition) is 1. The summed E-state index contributed by atoms with van der Waals surface area (Å²) in [6.45, 7) is 3.62. The molecule has 0 unspecified atom stereocenters. The number of aliphatic carboxylic acids is 1. The van der Waals surface area contributed by atoms with Crippen LogP contribution in [-0.2, 0) is 10.2 Å². The highest BCUT2D eigenvalue weighted by Gasteiger charge is 2.22. The van der Waals surface area contributed by atoms with Crippen LogP contribution >= 0.6 is 0 Å². The molecule has 0 amide bonds. The molecule has 0 atom stereocenters. The third-order valence-corrected chi connectivity index (χ3v) is 2.66. The van der Waals surface area contributed by atoms with Gasteiger partial charge in [0.2, 0.25) is 0 Å². The Morgan fingerprint density at radius 3 is 2.44 bits per heavy atom. The van der Waals surface area contributed by atoms with Crippen LogP contribution in [-0.4, -0.2) is 11.1 Å². The summed E-state index contributed by atoms with van der Waals surface area (Å²) < 4.78 is 25.7. The fourth-order valence-corrected chi connectivity index (χ4v) is 1.48. The number of hydrogen-bond donors (Lipinski definition) is 1. The predicted octanol–water partition coefficient (Wildman–Crippen LogP) is 3.11. The van der Waals surface area contributed by atoms with E-state index < -0.39 is 23.0 Å². The van der Waals surface area contributed by atoms with Crippen molar-refractivity contribution < 1.29 is 18.7 Å². The SMILES string of the molecule is CC(C)(CCC(=O)O)c1ccc(F)c(F)c1. The number of carboxylic acid groups (broad SMARTS) is 1. The molecule has 0 saturated heterocycles. The van der Waals surface area contributed by atoms with Crippen molar-refractivity contribution >= 4 is 5.97 Å². The molecule has 1 aromatic carbocycles. The second-order valence-corrected chi connectivity index (χ2v) is 4.41. The van der Waals surface area contributed by atoms with Crippen LogP contribution < -0.4 is 0 Å². The maximum atomic E-state index is 13.0. The van der Waals surface area contributed by atoms with Gasteiger partial charge in [0.05, 0.1) is 0 Å². The van der Waals surface area contributed by atoms with Gasteiger partial charge in [0.25, 0.3) is 0 Å². The van der Waals surface area contributed by atoms with Crippen molar-refractivity contribution in [3.63, 3.8) is 0 Å². The van der Waals surface area contributed by atoms with Gasteiger partial charge < -0.3 is 5.11 Å². The highest BCUT2D eigenvalue weighted by Crippen LogP contribution is 2.29. The highest BCUT2D eigenvalue weighted by molar-refractivity contribution is 5.66. The zero-order valence-corrected chi connectivity index (χ0v) is 9.26. The van der Waals surface area contributed by atoms with E-state index >= 15 is 0 Å². The van der Waals surface area contributed by atoms with Gasteiger partial charge in [-0.3, -0.25) is 4.79 Å². The molecular formula is C12H14F2O2. The van der Waals surface area contributed by atoms with Gasteiger partial charge in [-0.25, -0.2) is 8.78 Å². The fraction of sp³-hybridized carbons (Fsp3) is 0.417. The lowest BCUT2D eigenvalue weighted by Gasteiger charge is -2.24. The minimum atomic E-state index is -0.902. The minimum Gasteiger partial charge on any atom is -0.481 e. The average molecular weight is 228 g/mol. The molecule has 0 spiro atoms. The molecular weight excluding hydrogens is 214 g/mol. The Hall–Kier alpha value is -1.45. The summed E-state index contributed by atoms with van der Waals surface area (Å²) in [4.78, 5) is 10.5. The van der Waals surface area contributed by atoms with Crippen molar-refractivity contribution in [1.82, 2.24) is 0 Å². The second kappa shape index (κ2) is 4.60. The highest BCUT2D eigenvalue weighted by atomic mass is 19.2. The summed E-state index contributed by atoms with van der Waals surface area (Å²) in [5, 5.41) is 8.59. The molecule has 0 aliphatic carbocycles. The Bertz CT molecular complexity index is 400. The molecule has 1 rings (SSSR count). The predicted molar refractivity (Wildman–Crippen MR) is 56.3 cm³/mol. The zero-order valence-electron chi connectivity index (χ0n) is 9.26. The first-order valence-corrected chi connectivity index (χ1v) is 5.00. The maximum absolute atomic E-state index is 13.0. The lowest BCUT2D eigenvalue weighted by atomic mass is 9.80. The Balaban J connectivity index is 2.88. The number of carbonyl (C=O) groups is 1. The number of carboxylic acids is 1. The number of halogens is 2. The topological polar surface area (TPSA) is 37.3 Å². The number of rotatable bonds is 4. The van der Waals surface area contributed by atoms with Crippen molar-refractivity contribution in [3.8, 4) is 0 Å². The van der Waals surface area contributed by atoms with E-state index in [1.54, 1.807) is 0 Å². The van der Waals surface area contributed by atoms with E-state index in [2.05, 4.69) is 0 Å². The smallest absolute Gasteiger partial charge is 0.303 e. The first-order chi connectivity index (χ1) is 7.33. The molecule has 0 heterocycles. The van der Waals surface area contributed by atoms with Gasteiger partial charge in [0.15, 0.2) is 11.6 Å². The van der Waals surface area contributed by atoms with Gasteiger partial charge >= 0.3 is 5.97 Å². The molecule has 0 aromatic heterocycles. The maximum Gasteiger partial charge on any atom is 0.303 e. The van der Waals surface area contributed by atoms with Gasteiger partial charge in [-0.15, -0.1) is 0 Å². The van der Waals surface area contributed by atoms with E-state index in [0.717, 1.165) is 12.1 Å². The molecule has 0 aliphatic rings. The van der Waals surface area contributed by atoms with Gasteiger partial charge in [0.1, 0.15) is 0 Å². The molecule has 1 N–H and O–H groups in total. The van der Waals surface area contributed by atoms with Crippen LogP contribution in [0.2, 0.25) is 0 Å². The third-order valence-electron chi connectivity index (χ3n) is 2.66. The molecule has 1 aromatic rings. The van der Waals surface area contributed by atoms with Crippen molar-refractivity contribution in [1.29, 1.82) is 0 Å². The third kappa shape index (κ3) is 3.02. The summed E-state index contributed by atoms with van der Waals surface area (Å²) in [6.07, 6.45) is 0.388. The Morgan fingerprint density at radius 1 is 1.31 bits per heavy atom. The molecule has 0 saturated carbocycles. The van der Waals surface area contributed by atoms with Crippen molar-refractivity contribution in [3.05, 3.63) is 35.4 Å². The van der Waals surface area contributed by atoms with E-state index in [-0.39, 0.29) is 6.42 Å². The van der Waals surface area contributed by atoms with Crippen LogP contribution in [0.15, 0.2) is 18.2 Å². The molecule has 88 valence electrons. The summed E-state index contributed by atoms with van der Waals surface area (Å²) in [5.41, 5.74) is 0.125. The minimum absolute atomic E-state index is 0.00595. The van der Waals surface area contributed by atoms with Crippen LogP contribution in [0.4, 0.5) is 8.78 Å². The summed E-state index contributed by atoms with van der Waals surface area (Å²) in [5.74, 6) is -2.69. The molecule has 0 bridgehead atoms. The Labute approximate surface area is 92.9 Å². The summed E-state index contributed by atoms with van der Waals surface area (Å²) >= 11 is 0. The van der Waals surface area contributed by atoms with E-state index in [9.17, 15) is 13.6 Å². The van der Waals surface area contributed by atoms with Gasteiger partial charge in [-0.2, -0.15) is 0 Å². The standard InChI is InChI=1S/C12H14F2O2/c1-12(2,6-5-11(15)16)8-3-4-9(13)10(14)7-8/h3-4,7H,5-6H2,1-2H3,(H,15,16). The van der Waals surface area contributed by atoms with Crippen LogP contribution in [0.1, 0.15) is 32.3 Å². The van der Waals surface area contributed by atoms with Crippen LogP contribution in [0.3, 0.4) is 0 Å². The van der Waals surface area contributed by atoms with Gasteiger partial charge in [-0.05, 0) is 29.5 Å². The van der Waals surface area contributed by atoms with Crippen LogP contribution in [0.5, 0.6) is 0 Å². The molecule has 0 radical (unpaired) electrons. The molecule has 4 heteroatoms. The molecule has 16 heavy (non-hydrogen) atoms. The van der Waals surface area contributed by atoms with Crippen LogP contribution in [0.25, 0.3) is 0 Å². The summed E-state index contributed by atoms with van der Waals surface area (Å²) in [7, 11) is 0. The first-order valence-electron chi connectivity index (χ1n) is 5.00. The van der Waals surface area contributed by atoms with Crippen LogP contribution in [0, 0.1) is 11.6 Å². The monoisotopic (exact) mass is 228 g/mol. The fourth-order valence-electron chi connectivity index (χ4n) is 1.48. The van der Waals surface area contributed by atoms with E-state index in [4.69, 9.17) is 5.11 Å². The lowest BCUT2D eigenvalue weighted by molar-refractivity contribution is -0.137. The summed E-state index contributed by atoms with van der Waals surface area (Å²) in [6, 6.07) is 3.67. The largest absolute Gasteiger partial charge is 0.481 e. The quantitative estimate of drug-likeness (QED) is 0.859. The normalized spacial score (nSPS) is 11.5. The molecule has 2 nitrogen and oxygen atoms in total. The second-order valence-electron chi connectivity index (χ2n) is 4.41. The zero-order chi connectivity index (χ0) is 12.3. The van der Waals surface area contributed by atoms with Gasteiger partial charge in [-0.1, -0.05) is 19.9 Å². The van der Waals surface area contributed by atoms with E-state index in [0.29, 0.717) is 12.0 Å².